The van der Waals surface area contributed by atoms with E-state index in [2.05, 4.69) is 15.3 Å². The van der Waals surface area contributed by atoms with E-state index in [9.17, 15) is 4.79 Å². The lowest BCUT2D eigenvalue weighted by Gasteiger charge is -2.27. The van der Waals surface area contributed by atoms with Crippen molar-refractivity contribution in [3.8, 4) is 0 Å². The highest BCUT2D eigenvalue weighted by Crippen LogP contribution is 2.33. The Hall–Kier alpha value is -2.82. The molecule has 5 rings (SSSR count). The number of aromatic nitrogens is 2. The SMILES string of the molecule is COC[C@@H]1CN(c2nc3c(cc2F)C[C@H](NC(=O)c2sc4nc(C)ccc4c2N)CC3)C[C@@H]1N. The van der Waals surface area contributed by atoms with E-state index in [1.165, 1.54) is 11.3 Å². The zero-order valence-corrected chi connectivity index (χ0v) is 20.1. The molecule has 0 radical (unpaired) electrons. The van der Waals surface area contributed by atoms with Crippen molar-refractivity contribution >= 4 is 39.0 Å². The number of amides is 1. The normalized spacial score (nSPS) is 22.2. The molecule has 0 aromatic carbocycles. The molecule has 1 aliphatic heterocycles. The Morgan fingerprint density at radius 3 is 2.97 bits per heavy atom. The number of nitrogens with two attached hydrogens (primary N) is 2. The lowest BCUT2D eigenvalue weighted by Crippen LogP contribution is -2.39. The second kappa shape index (κ2) is 9.09. The Morgan fingerprint density at radius 1 is 1.35 bits per heavy atom. The van der Waals surface area contributed by atoms with Gasteiger partial charge >= 0.3 is 0 Å². The molecule has 34 heavy (non-hydrogen) atoms. The van der Waals surface area contributed by atoms with Crippen LogP contribution in [0.4, 0.5) is 15.9 Å². The number of aryl methyl sites for hydroxylation is 2. The first-order valence-corrected chi connectivity index (χ1v) is 12.3. The number of halogens is 1. The number of hydrogen-bond acceptors (Lipinski definition) is 8. The molecule has 1 amide bonds. The molecule has 0 spiro atoms. The van der Waals surface area contributed by atoms with Crippen molar-refractivity contribution in [3.63, 3.8) is 0 Å². The predicted octanol–water partition coefficient (Wildman–Crippen LogP) is 2.42. The maximum atomic E-state index is 15.0. The van der Waals surface area contributed by atoms with Gasteiger partial charge in [-0.1, -0.05) is 0 Å². The number of methoxy groups -OCH3 is 1. The number of anilines is 2. The van der Waals surface area contributed by atoms with Crippen molar-refractivity contribution in [1.82, 2.24) is 15.3 Å². The van der Waals surface area contributed by atoms with E-state index < -0.39 is 0 Å². The summed E-state index contributed by atoms with van der Waals surface area (Å²) < 4.78 is 20.3. The smallest absolute Gasteiger partial charge is 0.263 e. The monoisotopic (exact) mass is 484 g/mol. The van der Waals surface area contributed by atoms with Crippen LogP contribution >= 0.6 is 11.3 Å². The Morgan fingerprint density at radius 2 is 2.18 bits per heavy atom. The van der Waals surface area contributed by atoms with E-state index in [1.807, 2.05) is 24.0 Å². The molecule has 5 N–H and O–H groups in total. The molecule has 1 fully saturated rings. The maximum absolute atomic E-state index is 15.0. The number of nitrogens with one attached hydrogen (secondary N) is 1. The van der Waals surface area contributed by atoms with Gasteiger partial charge < -0.3 is 26.4 Å². The molecule has 3 aromatic heterocycles. The second-order valence-electron chi connectivity index (χ2n) is 9.25. The van der Waals surface area contributed by atoms with Crippen molar-refractivity contribution in [2.24, 2.45) is 11.7 Å². The quantitative estimate of drug-likeness (QED) is 0.509. The number of carbonyl (C=O) groups excluding carboxylic acids is 1. The van der Waals surface area contributed by atoms with Gasteiger partial charge in [0.15, 0.2) is 11.6 Å². The zero-order valence-electron chi connectivity index (χ0n) is 19.3. The minimum atomic E-state index is -0.355. The molecule has 0 bridgehead atoms. The molecule has 3 aromatic rings. The summed E-state index contributed by atoms with van der Waals surface area (Å²) in [4.78, 5) is 25.3. The van der Waals surface area contributed by atoms with Crippen molar-refractivity contribution in [2.75, 3.05) is 37.4 Å². The van der Waals surface area contributed by atoms with Gasteiger partial charge in [-0.05, 0) is 49.9 Å². The molecule has 1 saturated heterocycles. The second-order valence-corrected chi connectivity index (χ2v) is 10.2. The van der Waals surface area contributed by atoms with Crippen LogP contribution < -0.4 is 21.7 Å². The summed E-state index contributed by atoms with van der Waals surface area (Å²) in [5, 5.41) is 3.87. The summed E-state index contributed by atoms with van der Waals surface area (Å²) in [6.45, 7) is 3.64. The van der Waals surface area contributed by atoms with Gasteiger partial charge in [0, 0.05) is 55.0 Å². The minimum absolute atomic E-state index is 0.0720. The molecule has 1 aliphatic carbocycles. The number of fused-ring (bicyclic) bond motifs is 2. The van der Waals surface area contributed by atoms with Crippen molar-refractivity contribution < 1.29 is 13.9 Å². The molecule has 3 atom stereocenters. The first-order valence-electron chi connectivity index (χ1n) is 11.5. The Kier molecular flexibility index (Phi) is 6.13. The van der Waals surface area contributed by atoms with Crippen LogP contribution in [-0.4, -0.2) is 54.8 Å². The summed E-state index contributed by atoms with van der Waals surface area (Å²) in [6.07, 6.45) is 1.92. The fourth-order valence-electron chi connectivity index (χ4n) is 4.94. The first-order chi connectivity index (χ1) is 16.3. The summed E-state index contributed by atoms with van der Waals surface area (Å²) in [5.74, 6) is -0.0588. The number of nitrogens with zero attached hydrogens (tertiary/aromatic N) is 3. The lowest BCUT2D eigenvalue weighted by molar-refractivity contribution is 0.0938. The van der Waals surface area contributed by atoms with Crippen molar-refractivity contribution in [2.45, 2.75) is 38.3 Å². The third-order valence-electron chi connectivity index (χ3n) is 6.77. The van der Waals surface area contributed by atoms with E-state index in [-0.39, 0.29) is 29.7 Å². The van der Waals surface area contributed by atoms with Gasteiger partial charge in [0.25, 0.3) is 5.91 Å². The summed E-state index contributed by atoms with van der Waals surface area (Å²) in [5.41, 5.74) is 15.5. The maximum Gasteiger partial charge on any atom is 0.263 e. The molecule has 8 nitrogen and oxygen atoms in total. The number of nitrogen functional groups attached to an aromatic ring is 1. The Balaban J connectivity index is 1.30. The van der Waals surface area contributed by atoms with Gasteiger partial charge in [0.1, 0.15) is 9.71 Å². The third kappa shape index (κ3) is 4.21. The molecular formula is C24H29FN6O2S. The highest BCUT2D eigenvalue weighted by molar-refractivity contribution is 7.21. The summed E-state index contributed by atoms with van der Waals surface area (Å²) in [6, 6.07) is 5.16. The van der Waals surface area contributed by atoms with Crippen LogP contribution in [0.25, 0.3) is 10.2 Å². The van der Waals surface area contributed by atoms with Gasteiger partial charge in [-0.25, -0.2) is 14.4 Å². The van der Waals surface area contributed by atoms with Crippen LogP contribution in [0.5, 0.6) is 0 Å². The molecular weight excluding hydrogens is 455 g/mol. The number of hydrogen-bond donors (Lipinski definition) is 3. The number of thiophene rings is 1. The zero-order chi connectivity index (χ0) is 24.0. The van der Waals surface area contributed by atoms with E-state index in [4.69, 9.17) is 16.2 Å². The van der Waals surface area contributed by atoms with Gasteiger partial charge in [-0.3, -0.25) is 4.79 Å². The average molecular weight is 485 g/mol. The average Bonchev–Trinajstić information content (AvgIpc) is 3.32. The summed E-state index contributed by atoms with van der Waals surface area (Å²) >= 11 is 1.30. The van der Waals surface area contributed by atoms with Gasteiger partial charge in [0.05, 0.1) is 12.3 Å². The standard InChI is InChI=1S/C24H29FN6O2S/c1-12-3-5-16-20(27)21(34-24(16)28-12)23(32)29-15-4-6-19-13(7-15)8-17(25)22(30-19)31-9-14(11-33-2)18(26)10-31/h3,5,8,14-15,18H,4,6-7,9-11,26-27H2,1-2H3,(H,29,32)/t14-,15+,18-/m0/s1. The summed E-state index contributed by atoms with van der Waals surface area (Å²) in [7, 11) is 1.65. The van der Waals surface area contributed by atoms with E-state index in [0.29, 0.717) is 48.9 Å². The first kappa shape index (κ1) is 22.9. The fraction of sp³-hybridized carbons (Fsp3) is 0.458. The largest absolute Gasteiger partial charge is 0.397 e. The molecule has 4 heterocycles. The van der Waals surface area contributed by atoms with Crippen LogP contribution in [-0.2, 0) is 17.6 Å². The molecule has 0 saturated carbocycles. The minimum Gasteiger partial charge on any atom is -0.397 e. The van der Waals surface area contributed by atoms with Crippen molar-refractivity contribution in [3.05, 3.63) is 45.8 Å². The van der Waals surface area contributed by atoms with E-state index >= 15 is 4.39 Å². The molecule has 10 heteroatoms. The number of ether oxygens (including phenoxy) is 1. The fourth-order valence-corrected chi connectivity index (χ4v) is 5.98. The van der Waals surface area contributed by atoms with Gasteiger partial charge in [-0.2, -0.15) is 0 Å². The van der Waals surface area contributed by atoms with E-state index in [1.54, 1.807) is 13.2 Å². The van der Waals surface area contributed by atoms with Crippen LogP contribution in [0.3, 0.4) is 0 Å². The predicted molar refractivity (Wildman–Crippen MR) is 132 cm³/mol. The highest BCUT2D eigenvalue weighted by atomic mass is 32.1. The Bertz CT molecular complexity index is 1250. The van der Waals surface area contributed by atoms with Crippen LogP contribution in [0, 0.1) is 18.7 Å². The lowest BCUT2D eigenvalue weighted by atomic mass is 9.91. The molecule has 2 aliphatic rings. The van der Waals surface area contributed by atoms with Crippen LogP contribution in [0.15, 0.2) is 18.2 Å². The molecule has 180 valence electrons. The van der Waals surface area contributed by atoms with Crippen LogP contribution in [0.2, 0.25) is 0 Å². The number of rotatable bonds is 5. The van der Waals surface area contributed by atoms with Crippen LogP contribution in [0.1, 0.15) is 33.0 Å². The van der Waals surface area contributed by atoms with Gasteiger partial charge in [0.2, 0.25) is 0 Å². The highest BCUT2D eigenvalue weighted by Gasteiger charge is 2.33. The van der Waals surface area contributed by atoms with E-state index in [0.717, 1.165) is 33.6 Å². The van der Waals surface area contributed by atoms with Gasteiger partial charge in [-0.15, -0.1) is 11.3 Å². The van der Waals surface area contributed by atoms with Crippen molar-refractivity contribution in [1.29, 1.82) is 0 Å². The number of pyridine rings is 2. The molecule has 0 unspecified atom stereocenters. The Labute approximate surface area is 201 Å². The third-order valence-corrected chi connectivity index (χ3v) is 7.88. The topological polar surface area (TPSA) is 119 Å². The number of carbonyl (C=O) groups is 1.